The molecule has 2 fully saturated rings. The molecule has 3 nitrogen and oxygen atoms in total. The van der Waals surface area contributed by atoms with Gasteiger partial charge in [0, 0.05) is 18.0 Å². The molecular formula is C26H32ClFN2O. The number of likely N-dealkylation sites (tertiary alicyclic amines) is 2. The topological polar surface area (TPSA) is 23.6 Å². The minimum absolute atomic E-state index is 0.0822. The number of piperidine rings is 1. The number of benzene rings is 2. The van der Waals surface area contributed by atoms with Gasteiger partial charge in [-0.25, -0.2) is 4.39 Å². The maximum absolute atomic E-state index is 14.5. The first-order valence-corrected chi connectivity index (χ1v) is 12.0. The molecule has 0 saturated carbocycles. The Bertz CT molecular complexity index is 871. The molecule has 2 aromatic rings. The maximum Gasteiger partial charge on any atom is 0.165 e. The van der Waals surface area contributed by atoms with E-state index in [0.717, 1.165) is 69.1 Å². The Labute approximate surface area is 190 Å². The van der Waals surface area contributed by atoms with Gasteiger partial charge in [0.2, 0.25) is 0 Å². The quantitative estimate of drug-likeness (QED) is 0.474. The van der Waals surface area contributed by atoms with E-state index in [9.17, 15) is 9.18 Å². The van der Waals surface area contributed by atoms with Gasteiger partial charge in [-0.3, -0.25) is 9.69 Å². The molecule has 2 saturated heterocycles. The molecule has 0 bridgehead atoms. The van der Waals surface area contributed by atoms with Crippen LogP contribution in [0.2, 0.25) is 5.02 Å². The van der Waals surface area contributed by atoms with Gasteiger partial charge in [0.15, 0.2) is 5.78 Å². The molecule has 0 amide bonds. The van der Waals surface area contributed by atoms with E-state index in [4.69, 9.17) is 11.6 Å². The summed E-state index contributed by atoms with van der Waals surface area (Å²) in [5, 5.41) is 0.781. The van der Waals surface area contributed by atoms with Crippen molar-refractivity contribution in [3.05, 3.63) is 70.0 Å². The first-order valence-electron chi connectivity index (χ1n) is 11.6. The number of carbonyl (C=O) groups is 1. The molecule has 2 aliphatic rings. The predicted molar refractivity (Wildman–Crippen MR) is 124 cm³/mol. The monoisotopic (exact) mass is 442 g/mol. The summed E-state index contributed by atoms with van der Waals surface area (Å²) in [6.07, 6.45) is 5.87. The summed E-state index contributed by atoms with van der Waals surface area (Å²) in [5.74, 6) is 0.134. The molecule has 5 heteroatoms. The van der Waals surface area contributed by atoms with Crippen molar-refractivity contribution < 1.29 is 9.18 Å². The largest absolute Gasteiger partial charge is 0.303 e. The SMILES string of the molecule is O=C(CCCN1CCC(c2ccc(Cl)cc2)CC1)c1ccc(CN2CCCC2)cc1F. The van der Waals surface area contributed by atoms with Crippen molar-refractivity contribution in [1.29, 1.82) is 0 Å². The van der Waals surface area contributed by atoms with Crippen molar-refractivity contribution in [2.45, 2.75) is 51.0 Å². The highest BCUT2D eigenvalue weighted by atomic mass is 35.5. The van der Waals surface area contributed by atoms with Gasteiger partial charge >= 0.3 is 0 Å². The van der Waals surface area contributed by atoms with Crippen LogP contribution in [0.15, 0.2) is 42.5 Å². The third-order valence-electron chi connectivity index (χ3n) is 6.75. The molecule has 0 spiro atoms. The minimum Gasteiger partial charge on any atom is -0.303 e. The smallest absolute Gasteiger partial charge is 0.165 e. The summed E-state index contributed by atoms with van der Waals surface area (Å²) < 4.78 is 14.5. The van der Waals surface area contributed by atoms with Crippen LogP contribution in [-0.4, -0.2) is 48.3 Å². The number of ketones is 1. The first-order chi connectivity index (χ1) is 15.1. The fourth-order valence-electron chi connectivity index (χ4n) is 4.90. The Morgan fingerprint density at radius 2 is 1.68 bits per heavy atom. The number of nitrogens with zero attached hydrogens (tertiary/aromatic N) is 2. The Morgan fingerprint density at radius 3 is 2.35 bits per heavy atom. The summed E-state index contributed by atoms with van der Waals surface area (Å²) in [6.45, 7) is 5.92. The highest BCUT2D eigenvalue weighted by molar-refractivity contribution is 6.30. The van der Waals surface area contributed by atoms with Crippen molar-refractivity contribution in [3.8, 4) is 0 Å². The van der Waals surface area contributed by atoms with E-state index in [2.05, 4.69) is 21.9 Å². The second-order valence-corrected chi connectivity index (χ2v) is 9.43. The summed E-state index contributed by atoms with van der Waals surface area (Å²) in [4.78, 5) is 17.3. The van der Waals surface area contributed by atoms with Crippen molar-refractivity contribution >= 4 is 17.4 Å². The minimum atomic E-state index is -0.370. The third kappa shape index (κ3) is 6.15. The average molecular weight is 443 g/mol. The normalized spacial score (nSPS) is 18.5. The number of hydrogen-bond acceptors (Lipinski definition) is 3. The van der Waals surface area contributed by atoms with Gasteiger partial charge in [0.05, 0.1) is 5.56 Å². The molecule has 0 atom stereocenters. The zero-order valence-electron chi connectivity index (χ0n) is 18.2. The van der Waals surface area contributed by atoms with Crippen molar-refractivity contribution in [3.63, 3.8) is 0 Å². The molecule has 0 aromatic heterocycles. The standard InChI is InChI=1S/C26H32ClFN2O/c27-23-8-6-21(7-9-23)22-11-16-29(17-12-22)15-3-4-26(31)24-10-5-20(18-25(24)28)19-30-13-1-2-14-30/h5-10,18,22H,1-4,11-17,19H2. The van der Waals surface area contributed by atoms with Crippen molar-refractivity contribution in [2.24, 2.45) is 0 Å². The van der Waals surface area contributed by atoms with Crippen LogP contribution in [-0.2, 0) is 6.54 Å². The van der Waals surface area contributed by atoms with Crippen LogP contribution in [0.5, 0.6) is 0 Å². The lowest BCUT2D eigenvalue weighted by Crippen LogP contribution is -2.33. The molecule has 31 heavy (non-hydrogen) atoms. The van der Waals surface area contributed by atoms with Crippen LogP contribution < -0.4 is 0 Å². The van der Waals surface area contributed by atoms with E-state index in [1.54, 1.807) is 12.1 Å². The molecule has 2 heterocycles. The van der Waals surface area contributed by atoms with Crippen LogP contribution in [0.25, 0.3) is 0 Å². The van der Waals surface area contributed by atoms with Gasteiger partial charge in [0.1, 0.15) is 5.82 Å². The Balaban J connectivity index is 1.20. The molecule has 0 N–H and O–H groups in total. The van der Waals surface area contributed by atoms with E-state index in [-0.39, 0.29) is 17.2 Å². The lowest BCUT2D eigenvalue weighted by atomic mass is 9.89. The Kier molecular flexibility index (Phi) is 7.76. The average Bonchev–Trinajstić information content (AvgIpc) is 3.28. The first kappa shape index (κ1) is 22.4. The zero-order valence-corrected chi connectivity index (χ0v) is 18.9. The number of hydrogen-bond donors (Lipinski definition) is 0. The fraction of sp³-hybridized carbons (Fsp3) is 0.500. The van der Waals surface area contributed by atoms with Gasteiger partial charge in [-0.05, 0) is 106 Å². The third-order valence-corrected chi connectivity index (χ3v) is 7.00. The maximum atomic E-state index is 14.5. The Morgan fingerprint density at radius 1 is 0.968 bits per heavy atom. The van der Waals surface area contributed by atoms with Gasteiger partial charge in [0.25, 0.3) is 0 Å². The van der Waals surface area contributed by atoms with Crippen LogP contribution in [0.1, 0.15) is 65.9 Å². The van der Waals surface area contributed by atoms with Gasteiger partial charge < -0.3 is 4.90 Å². The van der Waals surface area contributed by atoms with Crippen LogP contribution in [0.4, 0.5) is 4.39 Å². The summed E-state index contributed by atoms with van der Waals surface area (Å²) in [5.41, 5.74) is 2.56. The molecule has 0 unspecified atom stereocenters. The second kappa shape index (κ2) is 10.7. The highest BCUT2D eigenvalue weighted by Crippen LogP contribution is 2.29. The van der Waals surface area contributed by atoms with Gasteiger partial charge in [-0.1, -0.05) is 29.8 Å². The number of Topliss-reactive ketones (excluding diaryl/α,β-unsaturated/α-hetero) is 1. The molecule has 166 valence electrons. The molecule has 2 aromatic carbocycles. The molecular weight excluding hydrogens is 411 g/mol. The second-order valence-electron chi connectivity index (χ2n) is 8.99. The lowest BCUT2D eigenvalue weighted by molar-refractivity contribution is 0.0968. The van der Waals surface area contributed by atoms with E-state index in [1.807, 2.05) is 18.2 Å². The Hall–Kier alpha value is -1.75. The zero-order chi connectivity index (χ0) is 21.6. The van der Waals surface area contributed by atoms with Gasteiger partial charge in [-0.2, -0.15) is 0 Å². The van der Waals surface area contributed by atoms with E-state index < -0.39 is 0 Å². The number of rotatable bonds is 8. The fourth-order valence-corrected chi connectivity index (χ4v) is 5.03. The van der Waals surface area contributed by atoms with E-state index >= 15 is 0 Å². The van der Waals surface area contributed by atoms with Crippen molar-refractivity contribution in [2.75, 3.05) is 32.7 Å². The van der Waals surface area contributed by atoms with Crippen LogP contribution >= 0.6 is 11.6 Å². The molecule has 4 rings (SSSR count). The lowest BCUT2D eigenvalue weighted by Gasteiger charge is -2.32. The van der Waals surface area contributed by atoms with Crippen molar-refractivity contribution in [1.82, 2.24) is 9.80 Å². The van der Waals surface area contributed by atoms with Crippen LogP contribution in [0, 0.1) is 5.82 Å². The predicted octanol–water partition coefficient (Wildman–Crippen LogP) is 5.92. The number of carbonyl (C=O) groups excluding carboxylic acids is 1. The van der Waals surface area contributed by atoms with Gasteiger partial charge in [-0.15, -0.1) is 0 Å². The van der Waals surface area contributed by atoms with E-state index in [0.29, 0.717) is 12.3 Å². The summed E-state index contributed by atoms with van der Waals surface area (Å²) in [6, 6.07) is 13.3. The van der Waals surface area contributed by atoms with E-state index in [1.165, 1.54) is 18.4 Å². The molecule has 0 aliphatic carbocycles. The molecule has 2 aliphatic heterocycles. The highest BCUT2D eigenvalue weighted by Gasteiger charge is 2.21. The summed E-state index contributed by atoms with van der Waals surface area (Å²) >= 11 is 5.99. The number of halogens is 2. The molecule has 0 radical (unpaired) electrons. The summed E-state index contributed by atoms with van der Waals surface area (Å²) in [7, 11) is 0. The van der Waals surface area contributed by atoms with Crippen LogP contribution in [0.3, 0.4) is 0 Å².